The average Bonchev–Trinajstić information content (AvgIpc) is 2.68. The predicted octanol–water partition coefficient (Wildman–Crippen LogP) is 3.70. The van der Waals surface area contributed by atoms with Gasteiger partial charge in [-0.2, -0.15) is 0 Å². The number of rotatable bonds is 10. The Kier molecular flexibility index (Phi) is 8.20. The smallest absolute Gasteiger partial charge is 0.306 e. The lowest BCUT2D eigenvalue weighted by Gasteiger charge is -2.11. The van der Waals surface area contributed by atoms with Crippen molar-refractivity contribution in [2.75, 3.05) is 25.1 Å². The first kappa shape index (κ1) is 21.1. The van der Waals surface area contributed by atoms with E-state index in [1.54, 1.807) is 12.1 Å². The van der Waals surface area contributed by atoms with Gasteiger partial charge in [-0.05, 0) is 37.6 Å². The Balaban J connectivity index is 1.66. The minimum absolute atomic E-state index is 0.0647. The maximum Gasteiger partial charge on any atom is 0.306 e. The molecule has 0 radical (unpaired) electrons. The van der Waals surface area contributed by atoms with Crippen molar-refractivity contribution in [3.63, 3.8) is 0 Å². The topological polar surface area (TPSA) is 73.9 Å². The Labute approximate surface area is 161 Å². The number of para-hydroxylation sites is 2. The van der Waals surface area contributed by atoms with Crippen LogP contribution in [0.5, 0.6) is 11.5 Å². The second-order valence-electron chi connectivity index (χ2n) is 5.67. The number of hydrogen-bond acceptors (Lipinski definition) is 5. The van der Waals surface area contributed by atoms with Crippen molar-refractivity contribution in [2.24, 2.45) is 0 Å². The Hall–Kier alpha value is -3.16. The summed E-state index contributed by atoms with van der Waals surface area (Å²) in [4.78, 5) is 23.4. The molecule has 0 saturated heterocycles. The third-order valence-corrected chi connectivity index (χ3v) is 3.50. The Bertz CT molecular complexity index is 813. The SMILES string of the molecule is CCOc1ccccc1OCCCC(=O)OCC(=O)Nc1ccc(F)c(F)c1. The predicted molar refractivity (Wildman–Crippen MR) is 98.3 cm³/mol. The summed E-state index contributed by atoms with van der Waals surface area (Å²) in [5.74, 6) is -2.11. The van der Waals surface area contributed by atoms with Crippen molar-refractivity contribution >= 4 is 17.6 Å². The van der Waals surface area contributed by atoms with Crippen molar-refractivity contribution in [2.45, 2.75) is 19.8 Å². The molecule has 2 rings (SSSR count). The summed E-state index contributed by atoms with van der Waals surface area (Å²) in [7, 11) is 0. The van der Waals surface area contributed by atoms with Crippen LogP contribution in [0.2, 0.25) is 0 Å². The number of carbonyl (C=O) groups excluding carboxylic acids is 2. The van der Waals surface area contributed by atoms with Crippen molar-refractivity contribution in [3.05, 3.63) is 54.1 Å². The van der Waals surface area contributed by atoms with E-state index in [2.05, 4.69) is 5.32 Å². The number of hydrogen-bond donors (Lipinski definition) is 1. The molecule has 2 aromatic carbocycles. The molecule has 28 heavy (non-hydrogen) atoms. The number of halogens is 2. The molecular formula is C20H21F2NO5. The monoisotopic (exact) mass is 393 g/mol. The van der Waals surface area contributed by atoms with E-state index in [0.29, 0.717) is 24.5 Å². The van der Waals surface area contributed by atoms with Gasteiger partial charge in [0.05, 0.1) is 13.2 Å². The van der Waals surface area contributed by atoms with Gasteiger partial charge < -0.3 is 19.5 Å². The van der Waals surface area contributed by atoms with Crippen molar-refractivity contribution in [1.29, 1.82) is 0 Å². The highest BCUT2D eigenvalue weighted by molar-refractivity contribution is 5.92. The molecular weight excluding hydrogens is 372 g/mol. The number of benzene rings is 2. The third-order valence-electron chi connectivity index (χ3n) is 3.50. The fraction of sp³-hybridized carbons (Fsp3) is 0.300. The lowest BCUT2D eigenvalue weighted by molar-refractivity contribution is -0.147. The summed E-state index contributed by atoms with van der Waals surface area (Å²) >= 11 is 0. The molecule has 0 aliphatic carbocycles. The van der Waals surface area contributed by atoms with Crippen molar-refractivity contribution in [3.8, 4) is 11.5 Å². The first-order valence-corrected chi connectivity index (χ1v) is 8.74. The first-order valence-electron chi connectivity index (χ1n) is 8.74. The molecule has 0 fully saturated rings. The maximum atomic E-state index is 13.1. The molecule has 0 spiro atoms. The van der Waals surface area contributed by atoms with Gasteiger partial charge >= 0.3 is 5.97 Å². The molecule has 0 saturated carbocycles. The van der Waals surface area contributed by atoms with Crippen LogP contribution < -0.4 is 14.8 Å². The molecule has 0 atom stereocenters. The van der Waals surface area contributed by atoms with E-state index in [-0.39, 0.29) is 18.7 Å². The van der Waals surface area contributed by atoms with Crippen LogP contribution in [0, 0.1) is 11.6 Å². The summed E-state index contributed by atoms with van der Waals surface area (Å²) in [5.41, 5.74) is 0.0707. The summed E-state index contributed by atoms with van der Waals surface area (Å²) in [6.07, 6.45) is 0.458. The van der Waals surface area contributed by atoms with Gasteiger partial charge in [-0.3, -0.25) is 9.59 Å². The molecule has 1 amide bonds. The first-order chi connectivity index (χ1) is 13.5. The molecule has 0 aliphatic rings. The van der Waals surface area contributed by atoms with Crippen LogP contribution >= 0.6 is 0 Å². The third kappa shape index (κ3) is 6.86. The maximum absolute atomic E-state index is 13.1. The molecule has 0 aliphatic heterocycles. The largest absolute Gasteiger partial charge is 0.490 e. The highest BCUT2D eigenvalue weighted by Crippen LogP contribution is 2.26. The van der Waals surface area contributed by atoms with Gasteiger partial charge in [0.25, 0.3) is 5.91 Å². The zero-order valence-electron chi connectivity index (χ0n) is 15.4. The summed E-state index contributed by atoms with van der Waals surface area (Å²) in [6, 6.07) is 10.1. The zero-order chi connectivity index (χ0) is 20.4. The fourth-order valence-corrected chi connectivity index (χ4v) is 2.23. The van der Waals surface area contributed by atoms with Crippen molar-refractivity contribution in [1.82, 2.24) is 0 Å². The molecule has 0 heterocycles. The number of amides is 1. The van der Waals surface area contributed by atoms with E-state index in [4.69, 9.17) is 14.2 Å². The normalized spacial score (nSPS) is 10.2. The summed E-state index contributed by atoms with van der Waals surface area (Å²) < 4.78 is 41.8. The molecule has 150 valence electrons. The molecule has 8 heteroatoms. The number of carbonyl (C=O) groups is 2. The van der Waals surface area contributed by atoms with Gasteiger partial charge in [0.1, 0.15) is 0 Å². The quantitative estimate of drug-likeness (QED) is 0.492. The summed E-state index contributed by atoms with van der Waals surface area (Å²) in [6.45, 7) is 2.14. The van der Waals surface area contributed by atoms with E-state index >= 15 is 0 Å². The second kappa shape index (κ2) is 10.9. The van der Waals surface area contributed by atoms with E-state index in [1.807, 2.05) is 19.1 Å². The molecule has 0 bridgehead atoms. The Morgan fingerprint density at radius 2 is 1.71 bits per heavy atom. The molecule has 1 N–H and O–H groups in total. The molecule has 2 aromatic rings. The van der Waals surface area contributed by atoms with Gasteiger partial charge in [-0.25, -0.2) is 8.78 Å². The minimum Gasteiger partial charge on any atom is -0.490 e. The van der Waals surface area contributed by atoms with Gasteiger partial charge in [0.2, 0.25) is 0 Å². The van der Waals surface area contributed by atoms with Crippen LogP contribution in [0.1, 0.15) is 19.8 Å². The van der Waals surface area contributed by atoms with E-state index in [1.165, 1.54) is 6.07 Å². The van der Waals surface area contributed by atoms with E-state index in [9.17, 15) is 18.4 Å². The van der Waals surface area contributed by atoms with Crippen LogP contribution in [0.25, 0.3) is 0 Å². The summed E-state index contributed by atoms with van der Waals surface area (Å²) in [5, 5.41) is 2.31. The van der Waals surface area contributed by atoms with Crippen LogP contribution in [-0.2, 0) is 14.3 Å². The van der Waals surface area contributed by atoms with Gasteiger partial charge in [0, 0.05) is 18.2 Å². The Morgan fingerprint density at radius 1 is 1.00 bits per heavy atom. The number of nitrogens with one attached hydrogen (secondary N) is 1. The lowest BCUT2D eigenvalue weighted by Crippen LogP contribution is -2.21. The van der Waals surface area contributed by atoms with Crippen LogP contribution in [-0.4, -0.2) is 31.7 Å². The molecule has 0 aromatic heterocycles. The fourth-order valence-electron chi connectivity index (χ4n) is 2.23. The molecule has 0 unspecified atom stereocenters. The van der Waals surface area contributed by atoms with Crippen LogP contribution in [0.3, 0.4) is 0 Å². The highest BCUT2D eigenvalue weighted by atomic mass is 19.2. The van der Waals surface area contributed by atoms with Gasteiger partial charge in [-0.1, -0.05) is 12.1 Å². The second-order valence-corrected chi connectivity index (χ2v) is 5.67. The number of esters is 1. The average molecular weight is 393 g/mol. The zero-order valence-corrected chi connectivity index (χ0v) is 15.4. The van der Waals surface area contributed by atoms with Crippen molar-refractivity contribution < 1.29 is 32.6 Å². The minimum atomic E-state index is -1.08. The van der Waals surface area contributed by atoms with Gasteiger partial charge in [0.15, 0.2) is 29.7 Å². The molecule has 6 nitrogen and oxygen atoms in total. The lowest BCUT2D eigenvalue weighted by atomic mass is 10.3. The van der Waals surface area contributed by atoms with E-state index < -0.39 is 30.1 Å². The van der Waals surface area contributed by atoms with Crippen LogP contribution in [0.15, 0.2) is 42.5 Å². The highest BCUT2D eigenvalue weighted by Gasteiger charge is 2.10. The number of ether oxygens (including phenoxy) is 3. The van der Waals surface area contributed by atoms with E-state index in [0.717, 1.165) is 12.1 Å². The standard InChI is InChI=1S/C20H21F2NO5/c1-2-26-17-6-3-4-7-18(17)27-11-5-8-20(25)28-13-19(24)23-14-9-10-15(21)16(22)12-14/h3-4,6-7,9-10,12H,2,5,8,11,13H2,1H3,(H,23,24). The number of anilines is 1. The Morgan fingerprint density at radius 3 is 2.39 bits per heavy atom. The van der Waals surface area contributed by atoms with Crippen LogP contribution in [0.4, 0.5) is 14.5 Å². The van der Waals surface area contributed by atoms with Gasteiger partial charge in [-0.15, -0.1) is 0 Å².